The number of carbonyl (C=O) groups excluding carboxylic acids is 2. The van der Waals surface area contributed by atoms with Crippen molar-refractivity contribution in [2.24, 2.45) is 0 Å². The van der Waals surface area contributed by atoms with E-state index >= 15 is 0 Å². The fourth-order valence-corrected chi connectivity index (χ4v) is 2.53. The van der Waals surface area contributed by atoms with Gasteiger partial charge < -0.3 is 10.1 Å². The van der Waals surface area contributed by atoms with Crippen LogP contribution >= 0.6 is 15.9 Å². The summed E-state index contributed by atoms with van der Waals surface area (Å²) in [5.41, 5.74) is 1.43. The maximum atomic E-state index is 12.3. The normalized spacial score (nSPS) is 11.5. The molecule has 0 aliphatic rings. The molecule has 0 spiro atoms. The molecule has 22 heavy (non-hydrogen) atoms. The lowest BCUT2D eigenvalue weighted by atomic mass is 10.1. The summed E-state index contributed by atoms with van der Waals surface area (Å²) in [5.74, 6) is -0.789. The Morgan fingerprint density at radius 1 is 1.09 bits per heavy atom. The molecule has 1 N–H and O–H groups in total. The lowest BCUT2D eigenvalue weighted by Gasteiger charge is -2.17. The Bertz CT molecular complexity index is 658. The number of halogens is 1. The van der Waals surface area contributed by atoms with Crippen LogP contribution in [0.15, 0.2) is 59.1 Å². The molecule has 0 aliphatic carbocycles. The van der Waals surface area contributed by atoms with Crippen molar-refractivity contribution >= 4 is 27.8 Å². The molecule has 2 rings (SSSR count). The van der Waals surface area contributed by atoms with E-state index in [0.717, 1.165) is 5.56 Å². The van der Waals surface area contributed by atoms with Gasteiger partial charge in [0.15, 0.2) is 0 Å². The third kappa shape index (κ3) is 4.18. The molecule has 4 nitrogen and oxygen atoms in total. The lowest BCUT2D eigenvalue weighted by molar-refractivity contribution is -0.142. The minimum atomic E-state index is -0.730. The van der Waals surface area contributed by atoms with E-state index in [-0.39, 0.29) is 5.91 Å². The molecule has 0 heterocycles. The van der Waals surface area contributed by atoms with Crippen molar-refractivity contribution in [1.29, 1.82) is 0 Å². The maximum absolute atomic E-state index is 12.3. The highest BCUT2D eigenvalue weighted by Crippen LogP contribution is 2.16. The number of carbonyl (C=O) groups is 2. The van der Waals surface area contributed by atoms with E-state index in [9.17, 15) is 9.59 Å². The number of hydrogen-bond acceptors (Lipinski definition) is 3. The zero-order chi connectivity index (χ0) is 15.9. The van der Waals surface area contributed by atoms with E-state index < -0.39 is 12.0 Å². The zero-order valence-electron chi connectivity index (χ0n) is 12.1. The van der Waals surface area contributed by atoms with Crippen molar-refractivity contribution in [3.63, 3.8) is 0 Å². The van der Waals surface area contributed by atoms with Crippen molar-refractivity contribution in [1.82, 2.24) is 5.32 Å². The van der Waals surface area contributed by atoms with Gasteiger partial charge in [0.2, 0.25) is 0 Å². The Labute approximate surface area is 137 Å². The smallest absolute Gasteiger partial charge is 0.328 e. The van der Waals surface area contributed by atoms with Crippen LogP contribution < -0.4 is 5.32 Å². The van der Waals surface area contributed by atoms with Crippen molar-refractivity contribution in [3.05, 3.63) is 70.2 Å². The number of hydrogen-bond donors (Lipinski definition) is 1. The molecule has 0 unspecified atom stereocenters. The number of methoxy groups -OCH3 is 1. The number of rotatable bonds is 5. The minimum Gasteiger partial charge on any atom is -0.467 e. The summed E-state index contributed by atoms with van der Waals surface area (Å²) in [6, 6.07) is 15.8. The predicted octanol–water partition coefficient (Wildman–Crippen LogP) is 2.96. The van der Waals surface area contributed by atoms with Crippen LogP contribution in [0.1, 0.15) is 15.9 Å². The van der Waals surface area contributed by atoms with E-state index in [0.29, 0.717) is 16.5 Å². The van der Waals surface area contributed by atoms with Gasteiger partial charge in [-0.25, -0.2) is 4.79 Å². The average molecular weight is 362 g/mol. The van der Waals surface area contributed by atoms with E-state index in [4.69, 9.17) is 4.74 Å². The van der Waals surface area contributed by atoms with E-state index in [1.54, 1.807) is 18.2 Å². The molecule has 0 saturated carbocycles. The highest BCUT2D eigenvalue weighted by atomic mass is 79.9. The Morgan fingerprint density at radius 2 is 1.73 bits per heavy atom. The number of benzene rings is 2. The molecule has 0 bridgehead atoms. The second kappa shape index (κ2) is 7.75. The van der Waals surface area contributed by atoms with Gasteiger partial charge in [-0.2, -0.15) is 0 Å². The van der Waals surface area contributed by atoms with Crippen LogP contribution in [0.3, 0.4) is 0 Å². The largest absolute Gasteiger partial charge is 0.467 e. The summed E-state index contributed by atoms with van der Waals surface area (Å²) in [6.07, 6.45) is 0.379. The van der Waals surface area contributed by atoms with Gasteiger partial charge >= 0.3 is 5.97 Å². The topological polar surface area (TPSA) is 55.4 Å². The lowest BCUT2D eigenvalue weighted by Crippen LogP contribution is -2.43. The van der Waals surface area contributed by atoms with Crippen LogP contribution in [-0.4, -0.2) is 25.0 Å². The quantitative estimate of drug-likeness (QED) is 0.833. The fraction of sp³-hybridized carbons (Fsp3) is 0.176. The molecule has 2 aromatic rings. The van der Waals surface area contributed by atoms with Gasteiger partial charge in [0.25, 0.3) is 5.91 Å². The summed E-state index contributed by atoms with van der Waals surface area (Å²) in [5, 5.41) is 2.73. The molecule has 1 atom stereocenters. The minimum absolute atomic E-state index is 0.321. The zero-order valence-corrected chi connectivity index (χ0v) is 13.7. The van der Waals surface area contributed by atoms with E-state index in [2.05, 4.69) is 21.2 Å². The number of nitrogens with one attached hydrogen (secondary N) is 1. The Kier molecular flexibility index (Phi) is 5.72. The van der Waals surface area contributed by atoms with Crippen molar-refractivity contribution in [2.75, 3.05) is 7.11 Å². The van der Waals surface area contributed by atoms with E-state index in [1.165, 1.54) is 7.11 Å². The highest BCUT2D eigenvalue weighted by Gasteiger charge is 2.23. The molecule has 0 aliphatic heterocycles. The Balaban J connectivity index is 2.15. The van der Waals surface area contributed by atoms with Crippen LogP contribution in [0.5, 0.6) is 0 Å². The van der Waals surface area contributed by atoms with Gasteiger partial charge in [-0.1, -0.05) is 42.5 Å². The van der Waals surface area contributed by atoms with Gasteiger partial charge in [-0.05, 0) is 33.6 Å². The van der Waals surface area contributed by atoms with Crippen molar-refractivity contribution in [3.8, 4) is 0 Å². The van der Waals surface area contributed by atoms with Gasteiger partial charge in [0.1, 0.15) is 6.04 Å². The third-order valence-electron chi connectivity index (χ3n) is 3.19. The highest BCUT2D eigenvalue weighted by molar-refractivity contribution is 9.10. The van der Waals surface area contributed by atoms with Crippen LogP contribution in [0.4, 0.5) is 0 Å². The third-order valence-corrected chi connectivity index (χ3v) is 3.88. The summed E-state index contributed by atoms with van der Waals surface area (Å²) in [7, 11) is 1.31. The first kappa shape index (κ1) is 16.2. The van der Waals surface area contributed by atoms with Crippen molar-refractivity contribution in [2.45, 2.75) is 12.5 Å². The summed E-state index contributed by atoms with van der Waals surface area (Å²) >= 11 is 3.33. The maximum Gasteiger partial charge on any atom is 0.328 e. The molecule has 0 fully saturated rings. The Morgan fingerprint density at radius 3 is 2.36 bits per heavy atom. The first-order chi connectivity index (χ1) is 10.6. The van der Waals surface area contributed by atoms with Crippen LogP contribution in [-0.2, 0) is 16.0 Å². The average Bonchev–Trinajstić information content (AvgIpc) is 2.54. The second-order valence-electron chi connectivity index (χ2n) is 4.72. The number of amides is 1. The second-order valence-corrected chi connectivity index (χ2v) is 5.57. The van der Waals surface area contributed by atoms with Crippen LogP contribution in [0.2, 0.25) is 0 Å². The molecular weight excluding hydrogens is 346 g/mol. The monoisotopic (exact) mass is 361 g/mol. The molecule has 5 heteroatoms. The van der Waals surface area contributed by atoms with Crippen LogP contribution in [0.25, 0.3) is 0 Å². The Hall–Kier alpha value is -2.14. The molecule has 1 amide bonds. The molecule has 0 saturated heterocycles. The number of esters is 1. The SMILES string of the molecule is COC(=O)[C@@H](Cc1ccccc1)NC(=O)c1ccccc1Br. The first-order valence-corrected chi connectivity index (χ1v) is 7.58. The molecule has 114 valence electrons. The van der Waals surface area contributed by atoms with Crippen molar-refractivity contribution < 1.29 is 14.3 Å². The van der Waals surface area contributed by atoms with Gasteiger partial charge in [0, 0.05) is 10.9 Å². The molecule has 2 aromatic carbocycles. The standard InChI is InChI=1S/C17H16BrNO3/c1-22-17(21)15(11-12-7-3-2-4-8-12)19-16(20)13-9-5-6-10-14(13)18/h2-10,15H,11H2,1H3,(H,19,20)/t15-/m1/s1. The first-order valence-electron chi connectivity index (χ1n) is 6.79. The van der Waals surface area contributed by atoms with E-state index in [1.807, 2.05) is 36.4 Å². The van der Waals surface area contributed by atoms with Gasteiger partial charge in [-0.15, -0.1) is 0 Å². The molecule has 0 radical (unpaired) electrons. The van der Waals surface area contributed by atoms with Gasteiger partial charge in [-0.3, -0.25) is 4.79 Å². The number of ether oxygens (including phenoxy) is 1. The molecular formula is C17H16BrNO3. The fourth-order valence-electron chi connectivity index (χ4n) is 2.07. The summed E-state index contributed by atoms with van der Waals surface area (Å²) in [6.45, 7) is 0. The summed E-state index contributed by atoms with van der Waals surface area (Å²) in [4.78, 5) is 24.3. The predicted molar refractivity (Wildman–Crippen MR) is 87.6 cm³/mol. The van der Waals surface area contributed by atoms with Crippen LogP contribution in [0, 0.1) is 0 Å². The molecule has 0 aromatic heterocycles. The van der Waals surface area contributed by atoms with Gasteiger partial charge in [0.05, 0.1) is 12.7 Å². The summed E-state index contributed by atoms with van der Waals surface area (Å²) < 4.78 is 5.46.